The summed E-state index contributed by atoms with van der Waals surface area (Å²) in [6, 6.07) is 19.2. The van der Waals surface area contributed by atoms with Crippen molar-refractivity contribution < 1.29 is 18.3 Å². The van der Waals surface area contributed by atoms with Crippen molar-refractivity contribution >= 4 is 27.8 Å². The number of nitrogens with one attached hydrogen (secondary N) is 2. The maximum Gasteiger partial charge on any atom is 0.275 e. The number of benzene rings is 3. The van der Waals surface area contributed by atoms with E-state index in [9.17, 15) is 18.3 Å². The molecule has 0 radical (unpaired) electrons. The molecule has 7 nitrogen and oxygen atoms in total. The molecule has 0 fully saturated rings. The number of para-hydroxylation sites is 2. The molecule has 0 atom stereocenters. The predicted octanol–water partition coefficient (Wildman–Crippen LogP) is 3.27. The number of rotatable bonds is 6. The van der Waals surface area contributed by atoms with E-state index in [0.717, 1.165) is 5.56 Å². The number of hydrogen-bond acceptors (Lipinski definition) is 5. The standard InChI is InChI=1S/C21H19N3O4S/c1-15-10-12-17(13-11-15)29(27,28)24-19-8-4-2-6-16(19)14-22-23-21(26)18-7-3-5-9-20(18)25/h2-14,24-25H,1H3,(H,23,26). The SMILES string of the molecule is Cc1ccc(S(=O)(=O)Nc2ccccc2C=NNC(=O)c2ccccc2O)cc1. The van der Waals surface area contributed by atoms with Crippen molar-refractivity contribution in [3.05, 3.63) is 89.5 Å². The minimum absolute atomic E-state index is 0.0815. The predicted molar refractivity (Wildman–Crippen MR) is 112 cm³/mol. The number of hydrazone groups is 1. The lowest BCUT2D eigenvalue weighted by Crippen LogP contribution is -2.18. The van der Waals surface area contributed by atoms with Crippen LogP contribution >= 0.6 is 0 Å². The van der Waals surface area contributed by atoms with Crippen LogP contribution in [0.2, 0.25) is 0 Å². The summed E-state index contributed by atoms with van der Waals surface area (Å²) in [5.41, 5.74) is 4.12. The van der Waals surface area contributed by atoms with E-state index in [1.165, 1.54) is 30.5 Å². The highest BCUT2D eigenvalue weighted by atomic mass is 32.2. The van der Waals surface area contributed by atoms with Gasteiger partial charge in [0.25, 0.3) is 15.9 Å². The minimum atomic E-state index is -3.77. The van der Waals surface area contributed by atoms with Crippen LogP contribution in [0.5, 0.6) is 5.75 Å². The van der Waals surface area contributed by atoms with Gasteiger partial charge < -0.3 is 5.11 Å². The fraction of sp³-hybridized carbons (Fsp3) is 0.0476. The van der Waals surface area contributed by atoms with Gasteiger partial charge in [-0.3, -0.25) is 9.52 Å². The second-order valence-corrected chi connectivity index (χ2v) is 7.90. The summed E-state index contributed by atoms with van der Waals surface area (Å²) in [5.74, 6) is -0.747. The van der Waals surface area contributed by atoms with E-state index in [1.54, 1.807) is 48.5 Å². The minimum Gasteiger partial charge on any atom is -0.507 e. The number of anilines is 1. The number of nitrogens with zero attached hydrogens (tertiary/aromatic N) is 1. The van der Waals surface area contributed by atoms with Gasteiger partial charge in [0.2, 0.25) is 0 Å². The summed E-state index contributed by atoms with van der Waals surface area (Å²) in [7, 11) is -3.77. The fourth-order valence-electron chi connectivity index (χ4n) is 2.51. The van der Waals surface area contributed by atoms with Crippen LogP contribution in [0.3, 0.4) is 0 Å². The third-order valence-corrected chi connectivity index (χ3v) is 5.44. The van der Waals surface area contributed by atoms with Gasteiger partial charge in [-0.05, 0) is 37.3 Å². The zero-order valence-electron chi connectivity index (χ0n) is 15.5. The van der Waals surface area contributed by atoms with Gasteiger partial charge in [0.15, 0.2) is 0 Å². The summed E-state index contributed by atoms with van der Waals surface area (Å²) in [6.07, 6.45) is 1.32. The lowest BCUT2D eigenvalue weighted by atomic mass is 10.2. The molecule has 148 valence electrons. The lowest BCUT2D eigenvalue weighted by molar-refractivity contribution is 0.0952. The Morgan fingerprint density at radius 1 is 0.966 bits per heavy atom. The number of carbonyl (C=O) groups is 1. The first-order valence-corrected chi connectivity index (χ1v) is 10.1. The maximum atomic E-state index is 12.6. The molecule has 0 aliphatic rings. The van der Waals surface area contributed by atoms with Gasteiger partial charge in [0.05, 0.1) is 22.4 Å². The Bertz CT molecular complexity index is 1160. The number of amides is 1. The molecular formula is C21H19N3O4S. The van der Waals surface area contributed by atoms with Crippen molar-refractivity contribution in [2.24, 2.45) is 5.10 Å². The van der Waals surface area contributed by atoms with Crippen LogP contribution in [-0.2, 0) is 10.0 Å². The van der Waals surface area contributed by atoms with Crippen molar-refractivity contribution in [2.75, 3.05) is 4.72 Å². The van der Waals surface area contributed by atoms with Crippen LogP contribution in [0, 0.1) is 6.92 Å². The molecule has 0 aromatic heterocycles. The second-order valence-electron chi connectivity index (χ2n) is 6.22. The molecule has 3 aromatic carbocycles. The van der Waals surface area contributed by atoms with Crippen LogP contribution in [0.25, 0.3) is 0 Å². The summed E-state index contributed by atoms with van der Waals surface area (Å²) in [6.45, 7) is 1.87. The van der Waals surface area contributed by atoms with Gasteiger partial charge in [-0.1, -0.05) is 48.0 Å². The van der Waals surface area contributed by atoms with Gasteiger partial charge in [-0.25, -0.2) is 13.8 Å². The molecule has 0 saturated carbocycles. The maximum absolute atomic E-state index is 12.6. The van der Waals surface area contributed by atoms with Crippen molar-refractivity contribution in [1.82, 2.24) is 5.43 Å². The normalized spacial score (nSPS) is 11.3. The van der Waals surface area contributed by atoms with Gasteiger partial charge in [-0.15, -0.1) is 0 Å². The molecule has 0 bridgehead atoms. The van der Waals surface area contributed by atoms with Gasteiger partial charge in [0.1, 0.15) is 5.75 Å². The molecule has 0 saturated heterocycles. The lowest BCUT2D eigenvalue weighted by Gasteiger charge is -2.10. The van der Waals surface area contributed by atoms with Crippen LogP contribution in [0.4, 0.5) is 5.69 Å². The fourth-order valence-corrected chi connectivity index (χ4v) is 3.60. The van der Waals surface area contributed by atoms with Crippen molar-refractivity contribution in [3.63, 3.8) is 0 Å². The quantitative estimate of drug-likeness (QED) is 0.429. The van der Waals surface area contributed by atoms with Crippen molar-refractivity contribution in [3.8, 4) is 5.75 Å². The number of aromatic hydroxyl groups is 1. The number of sulfonamides is 1. The third kappa shape index (κ3) is 4.99. The Hall–Kier alpha value is -3.65. The smallest absolute Gasteiger partial charge is 0.275 e. The van der Waals surface area contributed by atoms with Crippen molar-refractivity contribution in [2.45, 2.75) is 11.8 Å². The average molecular weight is 409 g/mol. The molecule has 1 amide bonds. The Morgan fingerprint density at radius 2 is 1.62 bits per heavy atom. The summed E-state index contributed by atoms with van der Waals surface area (Å²) < 4.78 is 27.8. The summed E-state index contributed by atoms with van der Waals surface area (Å²) in [5, 5.41) is 13.6. The van der Waals surface area contributed by atoms with E-state index in [4.69, 9.17) is 0 Å². The van der Waals surface area contributed by atoms with E-state index >= 15 is 0 Å². The van der Waals surface area contributed by atoms with E-state index in [1.807, 2.05) is 6.92 Å². The Morgan fingerprint density at radius 3 is 2.34 bits per heavy atom. The zero-order valence-corrected chi connectivity index (χ0v) is 16.3. The van der Waals surface area contributed by atoms with E-state index in [2.05, 4.69) is 15.2 Å². The number of phenolic OH excluding ortho intramolecular Hbond substituents is 1. The van der Waals surface area contributed by atoms with Crippen LogP contribution in [0.1, 0.15) is 21.5 Å². The van der Waals surface area contributed by atoms with Gasteiger partial charge >= 0.3 is 0 Å². The van der Waals surface area contributed by atoms with E-state index in [-0.39, 0.29) is 16.2 Å². The number of carbonyl (C=O) groups excluding carboxylic acids is 1. The Balaban J connectivity index is 1.77. The first kappa shape index (κ1) is 20.1. The van der Waals surface area contributed by atoms with Crippen LogP contribution in [0.15, 0.2) is 82.8 Å². The molecule has 0 unspecified atom stereocenters. The molecule has 0 heterocycles. The highest BCUT2D eigenvalue weighted by molar-refractivity contribution is 7.92. The molecule has 8 heteroatoms. The monoisotopic (exact) mass is 409 g/mol. The highest BCUT2D eigenvalue weighted by Crippen LogP contribution is 2.19. The molecular weight excluding hydrogens is 390 g/mol. The summed E-state index contributed by atoms with van der Waals surface area (Å²) in [4.78, 5) is 12.2. The van der Waals surface area contributed by atoms with Crippen molar-refractivity contribution in [1.29, 1.82) is 0 Å². The van der Waals surface area contributed by atoms with Crippen LogP contribution < -0.4 is 10.1 Å². The topological polar surface area (TPSA) is 108 Å². The average Bonchev–Trinajstić information content (AvgIpc) is 2.69. The van der Waals surface area contributed by atoms with Gasteiger partial charge in [0, 0.05) is 5.56 Å². The molecule has 29 heavy (non-hydrogen) atoms. The number of aryl methyl sites for hydroxylation is 1. The highest BCUT2D eigenvalue weighted by Gasteiger charge is 2.15. The molecule has 0 aliphatic carbocycles. The Kier molecular flexibility index (Phi) is 5.94. The number of phenols is 1. The Labute approximate surface area is 168 Å². The molecule has 3 N–H and O–H groups in total. The van der Waals surface area contributed by atoms with E-state index < -0.39 is 15.9 Å². The molecule has 0 aliphatic heterocycles. The van der Waals surface area contributed by atoms with Crippen LogP contribution in [-0.4, -0.2) is 25.6 Å². The summed E-state index contributed by atoms with van der Waals surface area (Å²) >= 11 is 0. The largest absolute Gasteiger partial charge is 0.507 e. The zero-order chi connectivity index (χ0) is 20.9. The second kappa shape index (κ2) is 8.57. The number of hydrogen-bond donors (Lipinski definition) is 3. The first-order valence-electron chi connectivity index (χ1n) is 8.67. The third-order valence-electron chi connectivity index (χ3n) is 4.05. The molecule has 3 aromatic rings. The van der Waals surface area contributed by atoms with E-state index in [0.29, 0.717) is 11.3 Å². The van der Waals surface area contributed by atoms with Gasteiger partial charge in [-0.2, -0.15) is 5.10 Å². The molecule has 0 spiro atoms. The molecule has 3 rings (SSSR count). The first-order chi connectivity index (χ1) is 13.9.